The van der Waals surface area contributed by atoms with Crippen molar-refractivity contribution in [1.29, 1.82) is 0 Å². The van der Waals surface area contributed by atoms with Gasteiger partial charge < -0.3 is 5.11 Å². The predicted molar refractivity (Wildman–Crippen MR) is 72.5 cm³/mol. The van der Waals surface area contributed by atoms with Crippen LogP contribution >= 0.6 is 0 Å². The molecule has 0 bridgehead atoms. The number of hydrogen-bond donors (Lipinski definition) is 1. The van der Waals surface area contributed by atoms with Gasteiger partial charge in [0.1, 0.15) is 0 Å². The van der Waals surface area contributed by atoms with Crippen LogP contribution < -0.4 is 0 Å². The fourth-order valence-corrected chi connectivity index (χ4v) is 1.54. The lowest BCUT2D eigenvalue weighted by Gasteiger charge is -2.17. The minimum atomic E-state index is -0.342. The van der Waals surface area contributed by atoms with Crippen LogP contribution in [-0.2, 0) is 0 Å². The Morgan fingerprint density at radius 1 is 1.12 bits per heavy atom. The van der Waals surface area contributed by atoms with Gasteiger partial charge in [0, 0.05) is 0 Å². The molecule has 1 heteroatoms. The van der Waals surface area contributed by atoms with Gasteiger partial charge in [0.15, 0.2) is 0 Å². The van der Waals surface area contributed by atoms with Crippen molar-refractivity contribution in [3.05, 3.63) is 24.8 Å². The third-order valence-electron chi connectivity index (χ3n) is 2.62. The highest BCUT2D eigenvalue weighted by molar-refractivity contribution is 4.85. The van der Waals surface area contributed by atoms with Crippen molar-refractivity contribution >= 4 is 0 Å². The van der Waals surface area contributed by atoms with Crippen LogP contribution in [-0.4, -0.2) is 11.2 Å². The molecule has 0 fully saturated rings. The lowest BCUT2D eigenvalue weighted by Crippen LogP contribution is -2.03. The third kappa shape index (κ3) is 11.5. The summed E-state index contributed by atoms with van der Waals surface area (Å²) in [6, 6.07) is 0. The molecule has 1 atom stereocenters. The topological polar surface area (TPSA) is 20.2 Å². The van der Waals surface area contributed by atoms with E-state index in [1.807, 2.05) is 0 Å². The SMILES string of the molecule is C=CC(O)CCC=CCCCCC(C)(C)C. The molecule has 16 heavy (non-hydrogen) atoms. The Morgan fingerprint density at radius 3 is 2.31 bits per heavy atom. The Bertz CT molecular complexity index is 198. The lowest BCUT2D eigenvalue weighted by atomic mass is 9.89. The van der Waals surface area contributed by atoms with Gasteiger partial charge in [0.05, 0.1) is 6.10 Å². The normalized spacial score (nSPS) is 14.2. The van der Waals surface area contributed by atoms with E-state index in [0.29, 0.717) is 5.41 Å². The molecule has 1 nitrogen and oxygen atoms in total. The number of aliphatic hydroxyl groups excluding tert-OH is 1. The van der Waals surface area contributed by atoms with Gasteiger partial charge >= 0.3 is 0 Å². The standard InChI is InChI=1S/C15H28O/c1-5-14(16)12-10-8-6-7-9-11-13-15(2,3)4/h5-6,8,14,16H,1,7,9-13H2,2-4H3. The van der Waals surface area contributed by atoms with Crippen LogP contribution in [0.1, 0.15) is 59.3 Å². The van der Waals surface area contributed by atoms with Gasteiger partial charge in [0.2, 0.25) is 0 Å². The molecular formula is C15H28O. The quantitative estimate of drug-likeness (QED) is 0.476. The Labute approximate surface area is 101 Å². The highest BCUT2D eigenvalue weighted by Crippen LogP contribution is 2.22. The zero-order valence-corrected chi connectivity index (χ0v) is 11.2. The summed E-state index contributed by atoms with van der Waals surface area (Å²) in [5.74, 6) is 0. The molecule has 0 spiro atoms. The summed E-state index contributed by atoms with van der Waals surface area (Å²) >= 11 is 0. The van der Waals surface area contributed by atoms with Crippen LogP contribution in [0.2, 0.25) is 0 Å². The summed E-state index contributed by atoms with van der Waals surface area (Å²) < 4.78 is 0. The molecule has 0 saturated heterocycles. The summed E-state index contributed by atoms with van der Waals surface area (Å²) in [4.78, 5) is 0. The van der Waals surface area contributed by atoms with Gasteiger partial charge in [-0.1, -0.05) is 45.4 Å². The molecule has 0 amide bonds. The van der Waals surface area contributed by atoms with E-state index in [9.17, 15) is 5.11 Å². The lowest BCUT2D eigenvalue weighted by molar-refractivity contribution is 0.214. The largest absolute Gasteiger partial charge is 0.389 e. The van der Waals surface area contributed by atoms with Gasteiger partial charge in [-0.05, 0) is 37.5 Å². The van der Waals surface area contributed by atoms with Crippen molar-refractivity contribution < 1.29 is 5.11 Å². The summed E-state index contributed by atoms with van der Waals surface area (Å²) in [6.45, 7) is 10.4. The second-order valence-corrected chi connectivity index (χ2v) is 5.66. The minimum absolute atomic E-state index is 0.342. The smallest absolute Gasteiger partial charge is 0.0721 e. The molecule has 1 unspecified atom stereocenters. The van der Waals surface area contributed by atoms with Crippen LogP contribution in [0, 0.1) is 5.41 Å². The molecule has 0 aliphatic carbocycles. The Hall–Kier alpha value is -0.560. The first-order valence-electron chi connectivity index (χ1n) is 6.41. The minimum Gasteiger partial charge on any atom is -0.389 e. The molecule has 94 valence electrons. The van der Waals surface area contributed by atoms with E-state index in [1.165, 1.54) is 25.7 Å². The summed E-state index contributed by atoms with van der Waals surface area (Å²) in [5, 5.41) is 9.24. The number of hydrogen-bond acceptors (Lipinski definition) is 1. The van der Waals surface area contributed by atoms with Gasteiger partial charge in [-0.3, -0.25) is 0 Å². The summed E-state index contributed by atoms with van der Waals surface area (Å²) in [7, 11) is 0. The van der Waals surface area contributed by atoms with Gasteiger partial charge in [-0.2, -0.15) is 0 Å². The predicted octanol–water partition coefficient (Wildman–Crippen LogP) is 4.48. The number of aliphatic hydroxyl groups is 1. The highest BCUT2D eigenvalue weighted by atomic mass is 16.3. The molecular weight excluding hydrogens is 196 g/mol. The average molecular weight is 224 g/mol. The maximum atomic E-state index is 9.24. The molecule has 0 aliphatic rings. The Kier molecular flexibility index (Phi) is 8.28. The Morgan fingerprint density at radius 2 is 1.75 bits per heavy atom. The van der Waals surface area contributed by atoms with Crippen LogP contribution in [0.15, 0.2) is 24.8 Å². The molecule has 0 aromatic rings. The van der Waals surface area contributed by atoms with E-state index in [2.05, 4.69) is 39.5 Å². The van der Waals surface area contributed by atoms with Crippen molar-refractivity contribution in [1.82, 2.24) is 0 Å². The van der Waals surface area contributed by atoms with E-state index in [1.54, 1.807) is 6.08 Å². The molecule has 0 radical (unpaired) electrons. The first-order chi connectivity index (χ1) is 7.45. The van der Waals surface area contributed by atoms with Crippen LogP contribution in [0.4, 0.5) is 0 Å². The van der Waals surface area contributed by atoms with E-state index in [4.69, 9.17) is 0 Å². The monoisotopic (exact) mass is 224 g/mol. The second-order valence-electron chi connectivity index (χ2n) is 5.66. The van der Waals surface area contributed by atoms with E-state index >= 15 is 0 Å². The molecule has 0 heterocycles. The van der Waals surface area contributed by atoms with Crippen molar-refractivity contribution in [2.75, 3.05) is 0 Å². The second kappa shape index (κ2) is 8.58. The van der Waals surface area contributed by atoms with E-state index in [-0.39, 0.29) is 6.10 Å². The van der Waals surface area contributed by atoms with Crippen molar-refractivity contribution in [2.24, 2.45) is 5.41 Å². The molecule has 0 rings (SSSR count). The zero-order valence-electron chi connectivity index (χ0n) is 11.2. The fraction of sp³-hybridized carbons (Fsp3) is 0.733. The maximum Gasteiger partial charge on any atom is 0.0721 e. The molecule has 0 aromatic heterocycles. The summed E-state index contributed by atoms with van der Waals surface area (Å²) in [6.07, 6.45) is 12.5. The van der Waals surface area contributed by atoms with Crippen LogP contribution in [0.3, 0.4) is 0 Å². The maximum absolute atomic E-state index is 9.24. The van der Waals surface area contributed by atoms with Crippen LogP contribution in [0.25, 0.3) is 0 Å². The van der Waals surface area contributed by atoms with E-state index < -0.39 is 0 Å². The first kappa shape index (κ1) is 15.4. The number of unbranched alkanes of at least 4 members (excludes halogenated alkanes) is 2. The van der Waals surface area contributed by atoms with Crippen molar-refractivity contribution in [3.8, 4) is 0 Å². The van der Waals surface area contributed by atoms with Crippen molar-refractivity contribution in [3.63, 3.8) is 0 Å². The van der Waals surface area contributed by atoms with Crippen molar-refractivity contribution in [2.45, 2.75) is 65.4 Å². The third-order valence-corrected chi connectivity index (χ3v) is 2.62. The fourth-order valence-electron chi connectivity index (χ4n) is 1.54. The van der Waals surface area contributed by atoms with E-state index in [0.717, 1.165) is 12.8 Å². The average Bonchev–Trinajstić information content (AvgIpc) is 2.20. The number of allylic oxidation sites excluding steroid dienone is 2. The number of rotatable bonds is 8. The van der Waals surface area contributed by atoms with Gasteiger partial charge in [0.25, 0.3) is 0 Å². The molecule has 0 aliphatic heterocycles. The Balaban J connectivity index is 3.32. The van der Waals surface area contributed by atoms with Crippen LogP contribution in [0.5, 0.6) is 0 Å². The molecule has 0 saturated carbocycles. The molecule has 1 N–H and O–H groups in total. The summed E-state index contributed by atoms with van der Waals surface area (Å²) in [5.41, 5.74) is 0.470. The molecule has 0 aromatic carbocycles. The zero-order chi connectivity index (χ0) is 12.4. The first-order valence-corrected chi connectivity index (χ1v) is 6.41. The van der Waals surface area contributed by atoms with Gasteiger partial charge in [-0.15, -0.1) is 6.58 Å². The van der Waals surface area contributed by atoms with Gasteiger partial charge in [-0.25, -0.2) is 0 Å². The highest BCUT2D eigenvalue weighted by Gasteiger charge is 2.08.